The molecule has 2 saturated heterocycles. The smallest absolute Gasteiger partial charge is 0.410 e. The molecule has 0 bridgehead atoms. The van der Waals surface area contributed by atoms with Gasteiger partial charge in [-0.05, 0) is 89.2 Å². The lowest BCUT2D eigenvalue weighted by atomic mass is 9.93. The molecule has 2 aromatic heterocycles. The summed E-state index contributed by atoms with van der Waals surface area (Å²) in [4.78, 5) is 27.5. The lowest BCUT2D eigenvalue weighted by Crippen LogP contribution is -2.37. The third kappa shape index (κ3) is 12.5. The molecule has 0 saturated carbocycles. The summed E-state index contributed by atoms with van der Waals surface area (Å²) in [5.41, 5.74) is 4.09. The molecule has 0 aliphatic carbocycles. The van der Waals surface area contributed by atoms with Gasteiger partial charge >= 0.3 is 6.09 Å². The van der Waals surface area contributed by atoms with E-state index in [2.05, 4.69) is 96.0 Å². The molecule has 4 heterocycles. The molecule has 3 aromatic rings. The van der Waals surface area contributed by atoms with Crippen LogP contribution in [0.5, 0.6) is 0 Å². The molecule has 2 aliphatic heterocycles. The Morgan fingerprint density at radius 3 is 2.09 bits per heavy atom. The first-order valence-corrected chi connectivity index (χ1v) is 28.3. The number of likely N-dealkylation sites (tertiary alicyclic amines) is 1. The quantitative estimate of drug-likeness (QED) is 0.101. The van der Waals surface area contributed by atoms with Crippen molar-refractivity contribution < 1.29 is 19.0 Å². The summed E-state index contributed by atoms with van der Waals surface area (Å²) in [6.45, 7) is 29.2. The van der Waals surface area contributed by atoms with Gasteiger partial charge in [-0.25, -0.2) is 14.8 Å². The number of hydrogen-bond acceptors (Lipinski definition) is 8. The highest BCUT2D eigenvalue weighted by Gasteiger charge is 2.36. The van der Waals surface area contributed by atoms with Gasteiger partial charge in [-0.2, -0.15) is 0 Å². The van der Waals surface area contributed by atoms with Gasteiger partial charge in [0.15, 0.2) is 0 Å². The number of carbonyl (C=O) groups is 1. The Balaban J connectivity index is 1.28. The third-order valence-electron chi connectivity index (χ3n) is 10.6. The van der Waals surface area contributed by atoms with Crippen LogP contribution in [0.2, 0.25) is 51.4 Å². The first kappa shape index (κ1) is 43.2. The van der Waals surface area contributed by atoms with Crippen LogP contribution < -0.4 is 10.2 Å². The van der Waals surface area contributed by atoms with Crippen molar-refractivity contribution >= 4 is 27.9 Å². The number of amides is 1. The first-order chi connectivity index (χ1) is 26.0. The van der Waals surface area contributed by atoms with Crippen molar-refractivity contribution in [2.75, 3.05) is 44.3 Å². The topological polar surface area (TPSA) is 98.9 Å². The zero-order chi connectivity index (χ0) is 39.8. The highest BCUT2D eigenvalue weighted by molar-refractivity contribution is 6.76. The van der Waals surface area contributed by atoms with E-state index in [9.17, 15) is 4.79 Å². The van der Waals surface area contributed by atoms with Gasteiger partial charge in [0, 0.05) is 72.5 Å². The van der Waals surface area contributed by atoms with E-state index in [-0.39, 0.29) is 12.1 Å². The Bertz CT molecular complexity index is 1650. The number of anilines is 1. The van der Waals surface area contributed by atoms with Crippen molar-refractivity contribution in [2.45, 2.75) is 149 Å². The van der Waals surface area contributed by atoms with Crippen LogP contribution in [-0.4, -0.2) is 91.2 Å². The molecule has 5 rings (SSSR count). The number of ether oxygens (including phenoxy) is 3. The number of nitrogens with one attached hydrogen (secondary N) is 1. The number of nitrogens with zero attached hydrogens (tertiary/aromatic N) is 6. The summed E-state index contributed by atoms with van der Waals surface area (Å²) in [6.07, 6.45) is 8.79. The van der Waals surface area contributed by atoms with Gasteiger partial charge < -0.3 is 33.6 Å². The molecule has 11 nitrogen and oxygen atoms in total. The molecule has 13 heteroatoms. The van der Waals surface area contributed by atoms with Crippen molar-refractivity contribution in [3.63, 3.8) is 0 Å². The van der Waals surface area contributed by atoms with Crippen molar-refractivity contribution in [1.29, 1.82) is 0 Å². The summed E-state index contributed by atoms with van der Waals surface area (Å²) in [7, 11) is -2.40. The lowest BCUT2D eigenvalue weighted by Gasteiger charge is -2.34. The summed E-state index contributed by atoms with van der Waals surface area (Å²) in [5, 5.41) is 3.55. The fourth-order valence-electron chi connectivity index (χ4n) is 7.36. The number of imidazole rings is 2. The number of benzene rings is 1. The zero-order valence-electron chi connectivity index (χ0n) is 35.7. The van der Waals surface area contributed by atoms with E-state index in [0.717, 1.165) is 93.8 Å². The van der Waals surface area contributed by atoms with Crippen LogP contribution in [0.4, 0.5) is 10.5 Å². The number of carbonyl (C=O) groups excluding carboxylic acids is 1. The van der Waals surface area contributed by atoms with E-state index in [4.69, 9.17) is 24.2 Å². The van der Waals surface area contributed by atoms with E-state index in [1.807, 2.05) is 31.9 Å². The summed E-state index contributed by atoms with van der Waals surface area (Å²) < 4.78 is 22.9. The molecule has 1 atom stereocenters. The monoisotopic (exact) mass is 794 g/mol. The minimum atomic E-state index is -1.25. The van der Waals surface area contributed by atoms with E-state index in [1.165, 1.54) is 17.4 Å². The summed E-state index contributed by atoms with van der Waals surface area (Å²) in [6, 6.07) is 11.0. The maximum atomic E-state index is 13.3. The van der Waals surface area contributed by atoms with Gasteiger partial charge in [0.25, 0.3) is 0 Å². The standard InChI is InChI=1S/C42H71N7O4Si2/c1-11-20-43-30-39-44-28-37(48(39)31-51-24-26-54(5,6)7)34-18-22-46(23-19-34)35-16-14-33(15-17-35)38-29-45-40(49(38)32-52-25-27-55(8,9)10)36-13-12-21-47(36)41(50)53-42(2,3)4/h14-17,28-29,34,36,43H,11-13,18-27,30-32H2,1-10H3/t36-/m0/s1. The fourth-order valence-corrected chi connectivity index (χ4v) is 8.88. The first-order valence-electron chi connectivity index (χ1n) is 20.8. The van der Waals surface area contributed by atoms with Gasteiger partial charge in [-0.3, -0.25) is 4.90 Å². The number of aromatic nitrogens is 4. The van der Waals surface area contributed by atoms with Crippen molar-refractivity contribution in [2.24, 2.45) is 0 Å². The average molecular weight is 794 g/mol. The molecule has 2 fully saturated rings. The van der Waals surface area contributed by atoms with Gasteiger partial charge in [0.1, 0.15) is 30.7 Å². The van der Waals surface area contributed by atoms with Crippen LogP contribution in [0.1, 0.15) is 89.1 Å². The molecule has 2 aliphatic rings. The Morgan fingerprint density at radius 2 is 1.49 bits per heavy atom. The highest BCUT2D eigenvalue weighted by atomic mass is 28.3. The second kappa shape index (κ2) is 19.0. The Morgan fingerprint density at radius 1 is 0.855 bits per heavy atom. The molecule has 0 unspecified atom stereocenters. The Labute approximate surface area is 333 Å². The predicted molar refractivity (Wildman–Crippen MR) is 229 cm³/mol. The second-order valence-corrected chi connectivity index (χ2v) is 30.2. The normalized spacial score (nSPS) is 17.4. The van der Waals surface area contributed by atoms with E-state index >= 15 is 0 Å². The maximum Gasteiger partial charge on any atom is 0.410 e. The Hall–Kier alpha value is -2.98. The SMILES string of the molecule is CCCNCc1ncc(C2CCN(c3ccc(-c4cnc([C@@H]5CCCN5C(=O)OC(C)(C)C)n4COCC[Si](C)(C)C)cc3)CC2)n1COCC[Si](C)(C)C. The van der Waals surface area contributed by atoms with Crippen LogP contribution in [0, 0.1) is 0 Å². The van der Waals surface area contributed by atoms with Crippen LogP contribution in [0.15, 0.2) is 36.7 Å². The van der Waals surface area contributed by atoms with Gasteiger partial charge in [-0.15, -0.1) is 0 Å². The number of hydrogen-bond donors (Lipinski definition) is 1. The average Bonchev–Trinajstić information content (AvgIpc) is 3.86. The third-order valence-corrected chi connectivity index (χ3v) is 14.0. The molecule has 306 valence electrons. The summed E-state index contributed by atoms with van der Waals surface area (Å²) in [5.74, 6) is 2.39. The van der Waals surface area contributed by atoms with E-state index < -0.39 is 21.7 Å². The maximum absolute atomic E-state index is 13.3. The minimum absolute atomic E-state index is 0.151. The Kier molecular flexibility index (Phi) is 14.9. The van der Waals surface area contributed by atoms with Crippen LogP contribution in [0.3, 0.4) is 0 Å². The molecule has 0 radical (unpaired) electrons. The molecule has 1 aromatic carbocycles. The van der Waals surface area contributed by atoms with Crippen molar-refractivity contribution in [1.82, 2.24) is 29.3 Å². The molecule has 55 heavy (non-hydrogen) atoms. The van der Waals surface area contributed by atoms with E-state index in [1.54, 1.807) is 0 Å². The molecule has 1 amide bonds. The molecular weight excluding hydrogens is 723 g/mol. The molecule has 1 N–H and O–H groups in total. The van der Waals surface area contributed by atoms with Gasteiger partial charge in [0.05, 0.1) is 24.5 Å². The highest BCUT2D eigenvalue weighted by Crippen LogP contribution is 2.36. The van der Waals surface area contributed by atoms with Crippen molar-refractivity contribution in [3.8, 4) is 11.3 Å². The predicted octanol–water partition coefficient (Wildman–Crippen LogP) is 9.33. The lowest BCUT2D eigenvalue weighted by molar-refractivity contribution is 0.0204. The fraction of sp³-hybridized carbons (Fsp3) is 0.690. The minimum Gasteiger partial charge on any atom is -0.444 e. The number of rotatable bonds is 18. The van der Waals surface area contributed by atoms with Gasteiger partial charge in [-0.1, -0.05) is 58.3 Å². The summed E-state index contributed by atoms with van der Waals surface area (Å²) >= 11 is 0. The van der Waals surface area contributed by atoms with E-state index in [0.29, 0.717) is 32.5 Å². The largest absolute Gasteiger partial charge is 0.444 e. The van der Waals surface area contributed by atoms with Gasteiger partial charge in [0.2, 0.25) is 0 Å². The van der Waals surface area contributed by atoms with Crippen LogP contribution in [-0.2, 0) is 34.2 Å². The molecule has 0 spiro atoms. The second-order valence-electron chi connectivity index (χ2n) is 19.0. The van der Waals surface area contributed by atoms with Crippen molar-refractivity contribution in [3.05, 3.63) is 54.0 Å². The number of piperidine rings is 1. The van der Waals surface area contributed by atoms with Crippen LogP contribution in [0.25, 0.3) is 11.3 Å². The molecular formula is C42H71N7O4Si2. The van der Waals surface area contributed by atoms with Crippen LogP contribution >= 0.6 is 0 Å². The zero-order valence-corrected chi connectivity index (χ0v) is 37.7.